The molecule has 0 aromatic heterocycles. The van der Waals surface area contributed by atoms with Gasteiger partial charge in [-0.3, -0.25) is 4.79 Å². The summed E-state index contributed by atoms with van der Waals surface area (Å²) in [5, 5.41) is 9.18. The van der Waals surface area contributed by atoms with Crippen LogP contribution >= 0.6 is 0 Å². The molecule has 0 aliphatic carbocycles. The number of carbonyl (C=O) groups excluding carboxylic acids is 1. The molecule has 0 spiro atoms. The molecule has 0 bridgehead atoms. The summed E-state index contributed by atoms with van der Waals surface area (Å²) in [7, 11) is 1.69. The van der Waals surface area contributed by atoms with Crippen molar-refractivity contribution in [2.24, 2.45) is 0 Å². The number of carbonyl (C=O) groups is 1. The molecule has 1 aliphatic heterocycles. The van der Waals surface area contributed by atoms with E-state index in [1.165, 1.54) is 11.2 Å². The Kier molecular flexibility index (Phi) is 3.72. The van der Waals surface area contributed by atoms with Crippen LogP contribution in [0, 0.1) is 0 Å². The van der Waals surface area contributed by atoms with E-state index in [1.54, 1.807) is 31.3 Å². The van der Waals surface area contributed by atoms with Crippen LogP contribution in [0.4, 0.5) is 0 Å². The maximum atomic E-state index is 12.0. The quantitative estimate of drug-likeness (QED) is 0.875. The SMILES string of the molecule is CN(Cc1ccc(O)cc1)C(=O)C1=COCCO1. The number of phenols is 1. The van der Waals surface area contributed by atoms with Gasteiger partial charge in [0, 0.05) is 13.6 Å². The second-order valence-corrected chi connectivity index (χ2v) is 4.03. The number of ether oxygens (including phenoxy) is 2. The average molecular weight is 249 g/mol. The maximum Gasteiger partial charge on any atom is 0.292 e. The summed E-state index contributed by atoms with van der Waals surface area (Å²) in [6.07, 6.45) is 1.35. The Morgan fingerprint density at radius 2 is 2.06 bits per heavy atom. The molecule has 1 amide bonds. The van der Waals surface area contributed by atoms with E-state index in [9.17, 15) is 9.90 Å². The fourth-order valence-electron chi connectivity index (χ4n) is 1.62. The first-order valence-electron chi connectivity index (χ1n) is 5.65. The van der Waals surface area contributed by atoms with Gasteiger partial charge in [-0.25, -0.2) is 0 Å². The van der Waals surface area contributed by atoms with Crippen molar-refractivity contribution in [3.05, 3.63) is 41.9 Å². The fourth-order valence-corrected chi connectivity index (χ4v) is 1.62. The topological polar surface area (TPSA) is 59.0 Å². The van der Waals surface area contributed by atoms with Crippen molar-refractivity contribution in [1.82, 2.24) is 4.90 Å². The first-order valence-corrected chi connectivity index (χ1v) is 5.65. The van der Waals surface area contributed by atoms with E-state index in [0.717, 1.165) is 5.56 Å². The molecule has 0 unspecified atom stereocenters. The van der Waals surface area contributed by atoms with Crippen molar-refractivity contribution in [1.29, 1.82) is 0 Å². The highest BCUT2D eigenvalue weighted by Gasteiger charge is 2.19. The fraction of sp³-hybridized carbons (Fsp3) is 0.308. The minimum absolute atomic E-state index is 0.208. The lowest BCUT2D eigenvalue weighted by Gasteiger charge is -2.21. The molecule has 1 aromatic rings. The van der Waals surface area contributed by atoms with Gasteiger partial charge in [-0.1, -0.05) is 12.1 Å². The normalized spacial score (nSPS) is 14.2. The Morgan fingerprint density at radius 1 is 1.33 bits per heavy atom. The number of hydrogen-bond donors (Lipinski definition) is 1. The van der Waals surface area contributed by atoms with E-state index in [2.05, 4.69) is 0 Å². The predicted octanol–water partition coefficient (Wildman–Crippen LogP) is 1.24. The van der Waals surface area contributed by atoms with Crippen molar-refractivity contribution >= 4 is 5.91 Å². The Bertz CT molecular complexity index is 453. The van der Waals surface area contributed by atoms with Crippen molar-refractivity contribution in [2.75, 3.05) is 20.3 Å². The molecule has 96 valence electrons. The lowest BCUT2D eigenvalue weighted by molar-refractivity contribution is -0.131. The number of benzene rings is 1. The minimum atomic E-state index is -0.220. The highest BCUT2D eigenvalue weighted by molar-refractivity contribution is 5.91. The second kappa shape index (κ2) is 5.44. The largest absolute Gasteiger partial charge is 0.508 e. The highest BCUT2D eigenvalue weighted by Crippen LogP contribution is 2.13. The standard InChI is InChI=1S/C13H15NO4/c1-14(8-10-2-4-11(15)5-3-10)13(16)12-9-17-6-7-18-12/h2-5,9,15H,6-8H2,1H3. The molecule has 0 fully saturated rings. The number of likely N-dealkylation sites (N-methyl/N-ethyl adjacent to an activating group) is 1. The van der Waals surface area contributed by atoms with E-state index >= 15 is 0 Å². The van der Waals surface area contributed by atoms with Crippen LogP contribution in [0.25, 0.3) is 0 Å². The maximum absolute atomic E-state index is 12.0. The summed E-state index contributed by atoms with van der Waals surface area (Å²) >= 11 is 0. The Hall–Kier alpha value is -2.17. The van der Waals surface area contributed by atoms with Gasteiger partial charge in [-0.05, 0) is 17.7 Å². The molecule has 2 rings (SSSR count). The molecule has 5 nitrogen and oxygen atoms in total. The average Bonchev–Trinajstić information content (AvgIpc) is 2.41. The van der Waals surface area contributed by atoms with Gasteiger partial charge in [0.15, 0.2) is 0 Å². The molecule has 1 aromatic carbocycles. The molecule has 5 heteroatoms. The highest BCUT2D eigenvalue weighted by atomic mass is 16.6. The molecule has 18 heavy (non-hydrogen) atoms. The van der Waals surface area contributed by atoms with Crippen LogP contribution in [0.2, 0.25) is 0 Å². The Balaban J connectivity index is 1.98. The van der Waals surface area contributed by atoms with Gasteiger partial charge in [0.2, 0.25) is 5.76 Å². The summed E-state index contributed by atoms with van der Waals surface area (Å²) in [5.74, 6) is 0.213. The molecular weight excluding hydrogens is 234 g/mol. The van der Waals surface area contributed by atoms with E-state index in [-0.39, 0.29) is 17.4 Å². The van der Waals surface area contributed by atoms with Crippen LogP contribution in [0.5, 0.6) is 5.75 Å². The van der Waals surface area contributed by atoms with Crippen LogP contribution < -0.4 is 0 Å². The summed E-state index contributed by atoms with van der Waals surface area (Å²) in [6, 6.07) is 6.72. The lowest BCUT2D eigenvalue weighted by Crippen LogP contribution is -2.30. The summed E-state index contributed by atoms with van der Waals surface area (Å²) < 4.78 is 10.3. The van der Waals surface area contributed by atoms with Gasteiger partial charge in [0.1, 0.15) is 25.2 Å². The van der Waals surface area contributed by atoms with Crippen LogP contribution in [-0.2, 0) is 20.8 Å². The van der Waals surface area contributed by atoms with Crippen molar-refractivity contribution in [3.8, 4) is 5.75 Å². The Morgan fingerprint density at radius 3 is 2.67 bits per heavy atom. The minimum Gasteiger partial charge on any atom is -0.508 e. The second-order valence-electron chi connectivity index (χ2n) is 4.03. The summed E-state index contributed by atoms with van der Waals surface area (Å²) in [5.41, 5.74) is 0.931. The zero-order chi connectivity index (χ0) is 13.0. The summed E-state index contributed by atoms with van der Waals surface area (Å²) in [6.45, 7) is 1.31. The Labute approximate surface area is 105 Å². The first kappa shape index (κ1) is 12.3. The molecule has 0 radical (unpaired) electrons. The van der Waals surface area contributed by atoms with Gasteiger partial charge in [-0.15, -0.1) is 0 Å². The first-order chi connectivity index (χ1) is 8.66. The molecule has 1 aliphatic rings. The monoisotopic (exact) mass is 249 g/mol. The van der Waals surface area contributed by atoms with Gasteiger partial charge >= 0.3 is 0 Å². The molecule has 1 N–H and O–H groups in total. The number of aromatic hydroxyl groups is 1. The number of hydrogen-bond acceptors (Lipinski definition) is 4. The number of nitrogens with zero attached hydrogens (tertiary/aromatic N) is 1. The van der Waals surface area contributed by atoms with Gasteiger partial charge in [0.25, 0.3) is 5.91 Å². The number of rotatable bonds is 3. The van der Waals surface area contributed by atoms with Crippen LogP contribution in [-0.4, -0.2) is 36.2 Å². The van der Waals surface area contributed by atoms with Crippen molar-refractivity contribution in [3.63, 3.8) is 0 Å². The predicted molar refractivity (Wildman–Crippen MR) is 64.6 cm³/mol. The van der Waals surface area contributed by atoms with Crippen LogP contribution in [0.3, 0.4) is 0 Å². The molecule has 1 heterocycles. The number of phenolic OH excluding ortho intramolecular Hbond substituents is 1. The van der Waals surface area contributed by atoms with Crippen molar-refractivity contribution < 1.29 is 19.4 Å². The molecular formula is C13H15NO4. The van der Waals surface area contributed by atoms with Crippen LogP contribution in [0.1, 0.15) is 5.56 Å². The van der Waals surface area contributed by atoms with Crippen molar-refractivity contribution in [2.45, 2.75) is 6.54 Å². The molecule has 0 saturated heterocycles. The van der Waals surface area contributed by atoms with E-state index in [4.69, 9.17) is 9.47 Å². The number of amides is 1. The van der Waals surface area contributed by atoms with Gasteiger partial charge in [0.05, 0.1) is 0 Å². The third kappa shape index (κ3) is 2.94. The summed E-state index contributed by atoms with van der Waals surface area (Å²) in [4.78, 5) is 13.5. The zero-order valence-electron chi connectivity index (χ0n) is 10.1. The van der Waals surface area contributed by atoms with E-state index in [0.29, 0.717) is 19.8 Å². The third-order valence-electron chi connectivity index (χ3n) is 2.56. The van der Waals surface area contributed by atoms with E-state index < -0.39 is 0 Å². The lowest BCUT2D eigenvalue weighted by atomic mass is 10.2. The third-order valence-corrected chi connectivity index (χ3v) is 2.56. The van der Waals surface area contributed by atoms with Gasteiger partial charge in [-0.2, -0.15) is 0 Å². The molecule has 0 saturated carbocycles. The van der Waals surface area contributed by atoms with Gasteiger partial charge < -0.3 is 19.5 Å². The van der Waals surface area contributed by atoms with E-state index in [1.807, 2.05) is 0 Å². The van der Waals surface area contributed by atoms with Crippen LogP contribution in [0.15, 0.2) is 36.3 Å². The molecule has 0 atom stereocenters. The zero-order valence-corrected chi connectivity index (χ0v) is 10.1. The smallest absolute Gasteiger partial charge is 0.292 e.